The maximum atomic E-state index is 11.7. The molecule has 1 fully saturated rings. The van der Waals surface area contributed by atoms with Crippen molar-refractivity contribution in [2.24, 2.45) is 0 Å². The fourth-order valence-corrected chi connectivity index (χ4v) is 4.88. The highest BCUT2D eigenvalue weighted by molar-refractivity contribution is 5.82. The van der Waals surface area contributed by atoms with Gasteiger partial charge >= 0.3 is 6.09 Å². The van der Waals surface area contributed by atoms with E-state index >= 15 is 0 Å². The summed E-state index contributed by atoms with van der Waals surface area (Å²) in [6.45, 7) is 1.86. The first kappa shape index (κ1) is 23.8. The smallest absolute Gasteiger partial charge is 0.407 e. The molecule has 4 aromatic rings. The van der Waals surface area contributed by atoms with Crippen molar-refractivity contribution in [1.82, 2.24) is 19.9 Å². The fraction of sp³-hybridized carbons (Fsp3) is 0.321. The molecule has 1 N–H and O–H groups in total. The van der Waals surface area contributed by atoms with Crippen LogP contribution in [0.5, 0.6) is 5.75 Å². The first-order valence-electron chi connectivity index (χ1n) is 12.2. The van der Waals surface area contributed by atoms with Crippen molar-refractivity contribution in [2.45, 2.75) is 38.0 Å². The van der Waals surface area contributed by atoms with E-state index in [0.717, 1.165) is 28.8 Å². The third kappa shape index (κ3) is 5.33. The molecule has 2 heterocycles. The van der Waals surface area contributed by atoms with E-state index < -0.39 is 6.09 Å². The van der Waals surface area contributed by atoms with E-state index in [9.17, 15) is 9.90 Å². The number of carbonyl (C=O) groups is 1. The van der Waals surface area contributed by atoms with E-state index in [1.807, 2.05) is 28.9 Å². The minimum Gasteiger partial charge on any atom is -0.497 e. The van der Waals surface area contributed by atoms with Crippen molar-refractivity contribution in [3.8, 4) is 5.75 Å². The zero-order chi connectivity index (χ0) is 24.9. The predicted octanol–water partition coefficient (Wildman–Crippen LogP) is 4.74. The van der Waals surface area contributed by atoms with Crippen molar-refractivity contribution in [3.05, 3.63) is 89.7 Å². The topological polar surface area (TPSA) is 89.7 Å². The van der Waals surface area contributed by atoms with Gasteiger partial charge < -0.3 is 19.5 Å². The summed E-state index contributed by atoms with van der Waals surface area (Å²) >= 11 is 0. The van der Waals surface area contributed by atoms with Crippen molar-refractivity contribution < 1.29 is 19.4 Å². The molecule has 1 aromatic heterocycles. The van der Waals surface area contributed by atoms with Gasteiger partial charge in [-0.2, -0.15) is 0 Å². The molecule has 36 heavy (non-hydrogen) atoms. The zero-order valence-electron chi connectivity index (χ0n) is 20.3. The van der Waals surface area contributed by atoms with Crippen LogP contribution in [0.25, 0.3) is 10.8 Å². The lowest BCUT2D eigenvalue weighted by atomic mass is 9.90. The van der Waals surface area contributed by atoms with Crippen LogP contribution in [0.3, 0.4) is 0 Å². The number of amides is 1. The van der Waals surface area contributed by atoms with Crippen LogP contribution < -0.4 is 4.74 Å². The molecular formula is C28H30N4O4. The summed E-state index contributed by atoms with van der Waals surface area (Å²) in [4.78, 5) is 13.2. The maximum Gasteiger partial charge on any atom is 0.407 e. The Morgan fingerprint density at radius 1 is 1.06 bits per heavy atom. The Morgan fingerprint density at radius 2 is 1.83 bits per heavy atom. The van der Waals surface area contributed by atoms with Crippen molar-refractivity contribution in [1.29, 1.82) is 0 Å². The molecule has 5 rings (SSSR count). The van der Waals surface area contributed by atoms with Gasteiger partial charge in [0.2, 0.25) is 0 Å². The van der Waals surface area contributed by atoms with E-state index in [1.165, 1.54) is 15.8 Å². The first-order valence-corrected chi connectivity index (χ1v) is 12.2. The number of likely N-dealkylation sites (tertiary alicyclic amines) is 1. The Hall–Kier alpha value is -3.91. The number of benzene rings is 3. The van der Waals surface area contributed by atoms with Gasteiger partial charge in [-0.25, -0.2) is 9.48 Å². The predicted molar refractivity (Wildman–Crippen MR) is 136 cm³/mol. The van der Waals surface area contributed by atoms with Crippen molar-refractivity contribution in [3.63, 3.8) is 0 Å². The van der Waals surface area contributed by atoms with E-state index in [0.29, 0.717) is 32.7 Å². The van der Waals surface area contributed by atoms with Gasteiger partial charge in [0.1, 0.15) is 5.75 Å². The molecule has 2 atom stereocenters. The number of methoxy groups -OCH3 is 1. The average molecular weight is 487 g/mol. The molecule has 8 heteroatoms. The third-order valence-electron chi connectivity index (χ3n) is 6.91. The van der Waals surface area contributed by atoms with Crippen molar-refractivity contribution in [2.75, 3.05) is 20.2 Å². The molecule has 0 saturated carbocycles. The molecule has 0 bridgehead atoms. The number of nitrogens with zero attached hydrogens (tertiary/aromatic N) is 4. The van der Waals surface area contributed by atoms with Gasteiger partial charge in [0.15, 0.2) is 0 Å². The average Bonchev–Trinajstić information content (AvgIpc) is 3.39. The number of aromatic nitrogens is 3. The molecule has 0 aliphatic carbocycles. The molecule has 1 saturated heterocycles. The minimum atomic E-state index is -0.918. The van der Waals surface area contributed by atoms with E-state index in [1.54, 1.807) is 13.3 Å². The van der Waals surface area contributed by atoms with Crippen LogP contribution in [0.15, 0.2) is 72.9 Å². The van der Waals surface area contributed by atoms with Crippen molar-refractivity contribution >= 4 is 16.9 Å². The van der Waals surface area contributed by atoms with E-state index in [2.05, 4.69) is 52.8 Å². The molecule has 3 aromatic carbocycles. The van der Waals surface area contributed by atoms with Gasteiger partial charge in [0.25, 0.3) is 0 Å². The molecule has 0 unspecified atom stereocenters. The number of rotatable bonds is 8. The van der Waals surface area contributed by atoms with Crippen LogP contribution in [-0.2, 0) is 24.3 Å². The molecular weight excluding hydrogens is 456 g/mol. The van der Waals surface area contributed by atoms with Gasteiger partial charge in [-0.05, 0) is 52.9 Å². The summed E-state index contributed by atoms with van der Waals surface area (Å²) in [5.74, 6) is 0.837. The summed E-state index contributed by atoms with van der Waals surface area (Å²) in [5.41, 5.74) is 3.23. The van der Waals surface area contributed by atoms with E-state index in [-0.39, 0.29) is 12.0 Å². The highest BCUT2D eigenvalue weighted by atomic mass is 16.5. The minimum absolute atomic E-state index is 0.00641. The summed E-state index contributed by atoms with van der Waals surface area (Å²) < 4.78 is 13.6. The summed E-state index contributed by atoms with van der Waals surface area (Å²) in [7, 11) is 1.66. The zero-order valence-corrected chi connectivity index (χ0v) is 20.3. The Morgan fingerprint density at radius 3 is 2.61 bits per heavy atom. The van der Waals surface area contributed by atoms with Crippen LogP contribution in [0.4, 0.5) is 4.79 Å². The molecule has 1 amide bonds. The van der Waals surface area contributed by atoms with Crippen LogP contribution in [0.1, 0.15) is 29.2 Å². The lowest BCUT2D eigenvalue weighted by Crippen LogP contribution is -2.46. The lowest BCUT2D eigenvalue weighted by molar-refractivity contribution is -0.0216. The second-order valence-corrected chi connectivity index (χ2v) is 9.13. The normalized spacial score (nSPS) is 17.9. The van der Waals surface area contributed by atoms with Crippen LogP contribution in [-0.4, -0.2) is 57.4 Å². The number of fused-ring (bicyclic) bond motifs is 1. The van der Waals surface area contributed by atoms with Crippen LogP contribution >= 0.6 is 0 Å². The lowest BCUT2D eigenvalue weighted by Gasteiger charge is -2.37. The van der Waals surface area contributed by atoms with E-state index in [4.69, 9.17) is 9.47 Å². The Kier molecular flexibility index (Phi) is 7.13. The quantitative estimate of drug-likeness (QED) is 0.387. The standard InChI is InChI=1S/C28H30N4O4/c1-35-24-10-7-20(8-11-24)12-15-32-26(17-29-30-32)25-13-14-31(28(33)34)18-27(25)36-19-21-6-9-22-4-2-3-5-23(22)16-21/h2-11,16-17,25,27H,12-15,18-19H2,1H3,(H,33,34)/t25-,27+/m1/s1. The number of carboxylic acid groups (broad SMARTS) is 1. The highest BCUT2D eigenvalue weighted by Gasteiger charge is 2.35. The highest BCUT2D eigenvalue weighted by Crippen LogP contribution is 2.31. The molecule has 8 nitrogen and oxygen atoms in total. The summed E-state index contributed by atoms with van der Waals surface area (Å²) in [5, 5.41) is 20.5. The van der Waals surface area contributed by atoms with Gasteiger partial charge in [-0.15, -0.1) is 5.10 Å². The Bertz CT molecular complexity index is 1320. The first-order chi connectivity index (χ1) is 17.6. The number of hydrogen-bond acceptors (Lipinski definition) is 5. The summed E-state index contributed by atoms with van der Waals surface area (Å²) in [6.07, 6.45) is 2.04. The van der Waals surface area contributed by atoms with Gasteiger partial charge in [0, 0.05) is 19.0 Å². The molecule has 186 valence electrons. The Labute approximate surface area is 210 Å². The molecule has 1 aliphatic rings. The molecule has 0 spiro atoms. The van der Waals surface area contributed by atoms with Gasteiger partial charge in [-0.3, -0.25) is 0 Å². The largest absolute Gasteiger partial charge is 0.497 e. The number of piperidine rings is 1. The second-order valence-electron chi connectivity index (χ2n) is 9.13. The second kappa shape index (κ2) is 10.8. The monoisotopic (exact) mass is 486 g/mol. The number of hydrogen-bond donors (Lipinski definition) is 1. The summed E-state index contributed by atoms with van der Waals surface area (Å²) in [6, 6.07) is 22.5. The van der Waals surface area contributed by atoms with Gasteiger partial charge in [0.05, 0.1) is 38.3 Å². The fourth-order valence-electron chi connectivity index (χ4n) is 4.88. The molecule has 0 radical (unpaired) electrons. The number of aryl methyl sites for hydroxylation is 2. The van der Waals surface area contributed by atoms with Gasteiger partial charge in [-0.1, -0.05) is 53.7 Å². The van der Waals surface area contributed by atoms with Crippen LogP contribution in [0, 0.1) is 0 Å². The Balaban J connectivity index is 1.31. The number of ether oxygens (including phenoxy) is 2. The molecule has 1 aliphatic heterocycles. The SMILES string of the molecule is COc1ccc(CCn2nncc2[C@H]2CCN(C(=O)O)C[C@@H]2OCc2ccc3ccccc3c2)cc1. The maximum absolute atomic E-state index is 11.7. The third-order valence-corrected chi connectivity index (χ3v) is 6.91. The van der Waals surface area contributed by atoms with Crippen LogP contribution in [0.2, 0.25) is 0 Å².